The van der Waals surface area contributed by atoms with Crippen LogP contribution in [0.2, 0.25) is 0 Å². The summed E-state index contributed by atoms with van der Waals surface area (Å²) in [5.41, 5.74) is -0.261. The van der Waals surface area contributed by atoms with Gasteiger partial charge in [0.2, 0.25) is 0 Å². The van der Waals surface area contributed by atoms with Crippen molar-refractivity contribution in [3.8, 4) is 0 Å². The van der Waals surface area contributed by atoms with E-state index in [1.54, 1.807) is 17.5 Å². The van der Waals surface area contributed by atoms with Crippen LogP contribution < -0.4 is 0 Å². The lowest BCUT2D eigenvalue weighted by Gasteiger charge is -2.43. The molecule has 1 saturated carbocycles. The number of rotatable bonds is 4. The molecule has 0 aromatic carbocycles. The highest BCUT2D eigenvalue weighted by atomic mass is 32.1. The van der Waals surface area contributed by atoms with Crippen LogP contribution in [0.25, 0.3) is 0 Å². The van der Waals surface area contributed by atoms with Crippen LogP contribution in [0.4, 0.5) is 0 Å². The Kier molecular flexibility index (Phi) is 4.17. The average molecular weight is 266 g/mol. The number of thiazole rings is 1. The summed E-state index contributed by atoms with van der Waals surface area (Å²) in [6, 6.07) is 0. The second-order valence-corrected chi connectivity index (χ2v) is 6.63. The highest BCUT2D eigenvalue weighted by molar-refractivity contribution is 7.09. The summed E-state index contributed by atoms with van der Waals surface area (Å²) >= 11 is 1.58. The van der Waals surface area contributed by atoms with Gasteiger partial charge in [0, 0.05) is 11.6 Å². The number of hydrogen-bond donors (Lipinski definition) is 0. The monoisotopic (exact) mass is 266 g/mol. The van der Waals surface area contributed by atoms with Crippen molar-refractivity contribution in [2.45, 2.75) is 44.6 Å². The first kappa shape index (κ1) is 13.7. The number of likely N-dealkylation sites (N-methyl/N-ethyl adjacent to an activating group) is 1. The van der Waals surface area contributed by atoms with Crippen molar-refractivity contribution in [3.63, 3.8) is 0 Å². The lowest BCUT2D eigenvalue weighted by molar-refractivity contribution is -0.132. The van der Waals surface area contributed by atoms with Crippen LogP contribution >= 0.6 is 11.3 Å². The van der Waals surface area contributed by atoms with Crippen LogP contribution in [0.1, 0.15) is 37.6 Å². The molecule has 1 aromatic heterocycles. The van der Waals surface area contributed by atoms with Gasteiger partial charge in [-0.3, -0.25) is 9.69 Å². The summed E-state index contributed by atoms with van der Waals surface area (Å²) in [6.45, 7) is 2.26. The van der Waals surface area contributed by atoms with E-state index < -0.39 is 0 Å². The zero-order valence-electron chi connectivity index (χ0n) is 11.5. The molecule has 1 fully saturated rings. The summed E-state index contributed by atoms with van der Waals surface area (Å²) in [4.78, 5) is 19.1. The molecule has 1 aliphatic carbocycles. The highest BCUT2D eigenvalue weighted by Gasteiger charge is 2.43. The van der Waals surface area contributed by atoms with Crippen molar-refractivity contribution >= 4 is 17.1 Å². The molecule has 0 aliphatic heterocycles. The van der Waals surface area contributed by atoms with Gasteiger partial charge in [-0.05, 0) is 32.9 Å². The third-order valence-electron chi connectivity index (χ3n) is 4.14. The maximum absolute atomic E-state index is 12.7. The number of ketones is 1. The van der Waals surface area contributed by atoms with Crippen LogP contribution in [0.15, 0.2) is 11.6 Å². The minimum atomic E-state index is -0.261. The van der Waals surface area contributed by atoms with E-state index in [0.717, 1.165) is 24.3 Å². The van der Waals surface area contributed by atoms with Gasteiger partial charge in [-0.25, -0.2) is 4.98 Å². The summed E-state index contributed by atoms with van der Waals surface area (Å²) in [5.74, 6) is 0.982. The topological polar surface area (TPSA) is 33.2 Å². The molecule has 0 bridgehead atoms. The average Bonchev–Trinajstić information content (AvgIpc) is 2.81. The van der Waals surface area contributed by atoms with Gasteiger partial charge in [-0.2, -0.15) is 0 Å². The Morgan fingerprint density at radius 1 is 1.61 bits per heavy atom. The van der Waals surface area contributed by atoms with Crippen molar-refractivity contribution in [2.75, 3.05) is 14.1 Å². The van der Waals surface area contributed by atoms with E-state index in [-0.39, 0.29) is 5.54 Å². The second-order valence-electron chi connectivity index (χ2n) is 5.65. The molecular formula is C14H22N2OS. The molecule has 1 heterocycles. The second kappa shape index (κ2) is 5.49. The van der Waals surface area contributed by atoms with E-state index >= 15 is 0 Å². The van der Waals surface area contributed by atoms with Crippen LogP contribution in [0.5, 0.6) is 0 Å². The summed E-state index contributed by atoms with van der Waals surface area (Å²) < 4.78 is 0. The van der Waals surface area contributed by atoms with Crippen LogP contribution in [0.3, 0.4) is 0 Å². The number of hydrogen-bond acceptors (Lipinski definition) is 4. The van der Waals surface area contributed by atoms with Crippen LogP contribution in [-0.4, -0.2) is 35.3 Å². The minimum Gasteiger partial charge on any atom is -0.297 e. The van der Waals surface area contributed by atoms with Crippen molar-refractivity contribution in [3.05, 3.63) is 16.6 Å². The van der Waals surface area contributed by atoms with E-state index in [9.17, 15) is 4.79 Å². The molecule has 100 valence electrons. The third-order valence-corrected chi connectivity index (χ3v) is 4.92. The van der Waals surface area contributed by atoms with Gasteiger partial charge in [0.25, 0.3) is 0 Å². The number of aromatic nitrogens is 1. The Labute approximate surface area is 113 Å². The molecule has 0 saturated heterocycles. The standard InChI is InChI=1S/C14H22N2OS/c1-11-5-4-6-14(10-11,16(2)3)12(17)9-13-15-7-8-18-13/h7-8,11H,4-6,9-10H2,1-3H3. The fourth-order valence-electron chi connectivity index (χ4n) is 3.07. The zero-order chi connectivity index (χ0) is 13.2. The molecule has 0 spiro atoms. The predicted molar refractivity (Wildman–Crippen MR) is 74.9 cm³/mol. The molecule has 0 radical (unpaired) electrons. The van der Waals surface area contributed by atoms with Gasteiger partial charge < -0.3 is 0 Å². The van der Waals surface area contributed by atoms with E-state index in [2.05, 4.69) is 16.8 Å². The van der Waals surface area contributed by atoms with Crippen molar-refractivity contribution < 1.29 is 4.79 Å². The molecule has 2 unspecified atom stereocenters. The van der Waals surface area contributed by atoms with Gasteiger partial charge >= 0.3 is 0 Å². The largest absolute Gasteiger partial charge is 0.297 e. The van der Waals surface area contributed by atoms with E-state index in [4.69, 9.17) is 0 Å². The molecule has 1 aliphatic rings. The van der Waals surface area contributed by atoms with E-state index in [1.807, 2.05) is 19.5 Å². The highest BCUT2D eigenvalue weighted by Crippen LogP contribution is 2.37. The fourth-order valence-corrected chi connectivity index (χ4v) is 3.69. The van der Waals surface area contributed by atoms with Crippen molar-refractivity contribution in [2.24, 2.45) is 5.92 Å². The maximum Gasteiger partial charge on any atom is 0.159 e. The molecule has 0 amide bonds. The van der Waals surface area contributed by atoms with Gasteiger partial charge in [-0.1, -0.05) is 19.8 Å². The molecular weight excluding hydrogens is 244 g/mol. The van der Waals surface area contributed by atoms with Crippen molar-refractivity contribution in [1.82, 2.24) is 9.88 Å². The Morgan fingerprint density at radius 3 is 2.94 bits per heavy atom. The Bertz CT molecular complexity index is 402. The lowest BCUT2D eigenvalue weighted by atomic mass is 9.72. The smallest absolute Gasteiger partial charge is 0.159 e. The Morgan fingerprint density at radius 2 is 2.39 bits per heavy atom. The van der Waals surface area contributed by atoms with Gasteiger partial charge in [0.05, 0.1) is 17.0 Å². The molecule has 0 N–H and O–H groups in total. The van der Waals surface area contributed by atoms with Gasteiger partial charge in [0.15, 0.2) is 5.78 Å². The number of carbonyl (C=O) groups is 1. The number of Topliss-reactive ketones (excluding diaryl/α,β-unsaturated/α-hetero) is 1. The zero-order valence-corrected chi connectivity index (χ0v) is 12.3. The predicted octanol–water partition coefficient (Wildman–Crippen LogP) is 2.77. The van der Waals surface area contributed by atoms with E-state index in [0.29, 0.717) is 18.1 Å². The minimum absolute atomic E-state index is 0.261. The SMILES string of the molecule is CC1CCCC(C(=O)Cc2nccs2)(N(C)C)C1. The molecule has 18 heavy (non-hydrogen) atoms. The lowest BCUT2D eigenvalue weighted by Crippen LogP contribution is -2.54. The first-order valence-electron chi connectivity index (χ1n) is 6.64. The van der Waals surface area contributed by atoms with E-state index in [1.165, 1.54) is 6.42 Å². The normalized spacial score (nSPS) is 28.6. The Hall–Kier alpha value is -0.740. The molecule has 2 rings (SSSR count). The molecule has 2 atom stereocenters. The first-order chi connectivity index (χ1) is 8.54. The third kappa shape index (κ3) is 2.64. The molecule has 4 heteroatoms. The van der Waals surface area contributed by atoms with Crippen molar-refractivity contribution in [1.29, 1.82) is 0 Å². The van der Waals surface area contributed by atoms with Crippen LogP contribution in [0, 0.1) is 5.92 Å². The van der Waals surface area contributed by atoms with Crippen LogP contribution in [-0.2, 0) is 11.2 Å². The summed E-state index contributed by atoms with van der Waals surface area (Å²) in [5, 5.41) is 2.88. The van der Waals surface area contributed by atoms with Gasteiger partial charge in [0.1, 0.15) is 0 Å². The fraction of sp³-hybridized carbons (Fsp3) is 0.714. The first-order valence-corrected chi connectivity index (χ1v) is 7.51. The quantitative estimate of drug-likeness (QED) is 0.840. The molecule has 3 nitrogen and oxygen atoms in total. The summed E-state index contributed by atoms with van der Waals surface area (Å²) in [6.07, 6.45) is 6.66. The number of carbonyl (C=O) groups excluding carboxylic acids is 1. The summed E-state index contributed by atoms with van der Waals surface area (Å²) in [7, 11) is 4.08. The number of nitrogens with zero attached hydrogens (tertiary/aromatic N) is 2. The Balaban J connectivity index is 2.16. The van der Waals surface area contributed by atoms with Gasteiger partial charge in [-0.15, -0.1) is 11.3 Å². The maximum atomic E-state index is 12.7. The molecule has 1 aromatic rings.